The Balaban J connectivity index is 1.71. The van der Waals surface area contributed by atoms with Crippen molar-refractivity contribution >= 4 is 17.4 Å². The molecule has 0 saturated carbocycles. The number of thiazole rings is 1. The van der Waals surface area contributed by atoms with Crippen molar-refractivity contribution in [1.82, 2.24) is 15.2 Å². The summed E-state index contributed by atoms with van der Waals surface area (Å²) in [6.07, 6.45) is 3.75. The number of piperidine rings is 1. The number of likely N-dealkylation sites (tertiary alicyclic amines) is 1. The van der Waals surface area contributed by atoms with Gasteiger partial charge in [0.1, 0.15) is 5.01 Å². The predicted octanol–water partition coefficient (Wildman–Crippen LogP) is 0.776. The van der Waals surface area contributed by atoms with E-state index in [0.717, 1.165) is 37.5 Å². The van der Waals surface area contributed by atoms with Crippen molar-refractivity contribution in [3.05, 3.63) is 16.6 Å². The fourth-order valence-corrected chi connectivity index (χ4v) is 2.44. The third kappa shape index (κ3) is 2.93. The van der Waals surface area contributed by atoms with Crippen LogP contribution in [-0.2, 0) is 6.54 Å². The summed E-state index contributed by atoms with van der Waals surface area (Å²) in [4.78, 5) is 16.8. The van der Waals surface area contributed by atoms with Crippen molar-refractivity contribution in [3.63, 3.8) is 0 Å². The molecule has 1 aromatic heterocycles. The minimum atomic E-state index is -0.307. The summed E-state index contributed by atoms with van der Waals surface area (Å²) in [6.45, 7) is 2.33. The Labute approximate surface area is 98.7 Å². The van der Waals surface area contributed by atoms with E-state index >= 15 is 0 Å². The lowest BCUT2D eigenvalue weighted by Gasteiger charge is -2.31. The summed E-state index contributed by atoms with van der Waals surface area (Å²) < 4.78 is 0. The lowest BCUT2D eigenvalue weighted by Crippen LogP contribution is -2.46. The van der Waals surface area contributed by atoms with Gasteiger partial charge in [0.15, 0.2) is 0 Å². The lowest BCUT2D eigenvalue weighted by atomic mass is 10.1. The average Bonchev–Trinajstić information content (AvgIpc) is 2.80. The summed E-state index contributed by atoms with van der Waals surface area (Å²) in [5.74, 6) is 0. The standard InChI is InChI=1S/C10H16N4OS/c11-10(15)14-4-1-8(2-5-14)13-7-9-12-3-6-16-9/h3,6,8,13H,1-2,4-5,7H2,(H2,11,15). The number of nitrogens with one attached hydrogen (secondary N) is 1. The maximum Gasteiger partial charge on any atom is 0.314 e. The highest BCUT2D eigenvalue weighted by atomic mass is 32.1. The van der Waals surface area contributed by atoms with Crippen molar-refractivity contribution in [2.75, 3.05) is 13.1 Å². The van der Waals surface area contributed by atoms with Gasteiger partial charge in [0.2, 0.25) is 0 Å². The molecule has 2 heterocycles. The zero-order valence-electron chi connectivity index (χ0n) is 9.06. The van der Waals surface area contributed by atoms with Crippen molar-refractivity contribution < 1.29 is 4.79 Å². The molecule has 1 aromatic rings. The second-order valence-corrected chi connectivity index (χ2v) is 4.89. The minimum Gasteiger partial charge on any atom is -0.351 e. The van der Waals surface area contributed by atoms with E-state index in [9.17, 15) is 4.79 Å². The number of primary amides is 1. The van der Waals surface area contributed by atoms with Crippen molar-refractivity contribution in [3.8, 4) is 0 Å². The third-order valence-electron chi connectivity index (χ3n) is 2.83. The first kappa shape index (κ1) is 11.3. The summed E-state index contributed by atoms with van der Waals surface area (Å²) in [7, 11) is 0. The molecule has 0 unspecified atom stereocenters. The van der Waals surface area contributed by atoms with Crippen LogP contribution in [0.3, 0.4) is 0 Å². The van der Waals surface area contributed by atoms with Gasteiger partial charge in [-0.3, -0.25) is 0 Å². The zero-order valence-corrected chi connectivity index (χ0v) is 9.87. The van der Waals surface area contributed by atoms with Gasteiger partial charge in [-0.1, -0.05) is 0 Å². The fraction of sp³-hybridized carbons (Fsp3) is 0.600. The van der Waals surface area contributed by atoms with Crippen molar-refractivity contribution in [1.29, 1.82) is 0 Å². The van der Waals surface area contributed by atoms with E-state index in [1.54, 1.807) is 16.2 Å². The first-order valence-corrected chi connectivity index (χ1v) is 6.30. The van der Waals surface area contributed by atoms with Gasteiger partial charge in [0.05, 0.1) is 0 Å². The number of hydrogen-bond donors (Lipinski definition) is 2. The SMILES string of the molecule is NC(=O)N1CCC(NCc2nccs2)CC1. The monoisotopic (exact) mass is 240 g/mol. The highest BCUT2D eigenvalue weighted by molar-refractivity contribution is 7.09. The Kier molecular flexibility index (Phi) is 3.74. The molecule has 0 aromatic carbocycles. The second kappa shape index (κ2) is 5.27. The zero-order chi connectivity index (χ0) is 11.4. The molecule has 0 bridgehead atoms. The molecule has 1 saturated heterocycles. The molecule has 1 aliphatic rings. The largest absolute Gasteiger partial charge is 0.351 e. The molecule has 1 aliphatic heterocycles. The number of hydrogen-bond acceptors (Lipinski definition) is 4. The van der Waals surface area contributed by atoms with Crippen LogP contribution in [0.1, 0.15) is 17.8 Å². The van der Waals surface area contributed by atoms with Crippen LogP contribution in [-0.4, -0.2) is 35.0 Å². The van der Waals surface area contributed by atoms with Gasteiger partial charge in [0.25, 0.3) is 0 Å². The van der Waals surface area contributed by atoms with Crippen molar-refractivity contribution in [2.24, 2.45) is 5.73 Å². The molecule has 0 spiro atoms. The van der Waals surface area contributed by atoms with Gasteiger partial charge in [-0.2, -0.15) is 0 Å². The minimum absolute atomic E-state index is 0.307. The van der Waals surface area contributed by atoms with Crippen LogP contribution in [0, 0.1) is 0 Å². The summed E-state index contributed by atoms with van der Waals surface area (Å²) in [5.41, 5.74) is 5.22. The Hall–Kier alpha value is -1.14. The first-order chi connectivity index (χ1) is 7.75. The molecular weight excluding hydrogens is 224 g/mol. The van der Waals surface area contributed by atoms with Crippen LogP contribution in [0.5, 0.6) is 0 Å². The number of amides is 2. The summed E-state index contributed by atoms with van der Waals surface area (Å²) in [6, 6.07) is 0.165. The van der Waals surface area contributed by atoms with Crippen LogP contribution in [0.4, 0.5) is 4.79 Å². The second-order valence-electron chi connectivity index (χ2n) is 3.91. The van der Waals surface area contributed by atoms with E-state index in [1.807, 2.05) is 11.6 Å². The molecule has 5 nitrogen and oxygen atoms in total. The van der Waals surface area contributed by atoms with E-state index < -0.39 is 0 Å². The van der Waals surface area contributed by atoms with Gasteiger partial charge in [-0.15, -0.1) is 11.3 Å². The molecular formula is C10H16N4OS. The number of aromatic nitrogens is 1. The quantitative estimate of drug-likeness (QED) is 0.820. The molecule has 0 atom stereocenters. The van der Waals surface area contributed by atoms with Crippen LogP contribution in [0.15, 0.2) is 11.6 Å². The van der Waals surface area contributed by atoms with E-state index in [0.29, 0.717) is 6.04 Å². The number of urea groups is 1. The highest BCUT2D eigenvalue weighted by Crippen LogP contribution is 2.11. The molecule has 16 heavy (non-hydrogen) atoms. The average molecular weight is 240 g/mol. The van der Waals surface area contributed by atoms with Crippen LogP contribution < -0.4 is 11.1 Å². The van der Waals surface area contributed by atoms with Crippen LogP contribution in [0.25, 0.3) is 0 Å². The lowest BCUT2D eigenvalue weighted by molar-refractivity contribution is 0.185. The maximum absolute atomic E-state index is 10.9. The molecule has 3 N–H and O–H groups in total. The van der Waals surface area contributed by atoms with E-state index in [2.05, 4.69) is 10.3 Å². The van der Waals surface area contributed by atoms with Gasteiger partial charge in [-0.05, 0) is 12.8 Å². The maximum atomic E-state index is 10.9. The Bertz CT molecular complexity index is 333. The topological polar surface area (TPSA) is 71.2 Å². The summed E-state index contributed by atoms with van der Waals surface area (Å²) >= 11 is 1.66. The van der Waals surface area contributed by atoms with Gasteiger partial charge < -0.3 is 16.0 Å². The highest BCUT2D eigenvalue weighted by Gasteiger charge is 2.20. The molecule has 1 fully saturated rings. The third-order valence-corrected chi connectivity index (χ3v) is 3.61. The normalized spacial score (nSPS) is 17.6. The van der Waals surface area contributed by atoms with Crippen LogP contribution in [0.2, 0.25) is 0 Å². The van der Waals surface area contributed by atoms with Crippen molar-refractivity contribution in [2.45, 2.75) is 25.4 Å². The Morgan fingerprint density at radius 1 is 1.62 bits per heavy atom. The predicted molar refractivity (Wildman–Crippen MR) is 63.1 cm³/mol. The number of carbonyl (C=O) groups is 1. The molecule has 6 heteroatoms. The summed E-state index contributed by atoms with van der Waals surface area (Å²) in [5, 5.41) is 6.54. The Morgan fingerprint density at radius 3 is 2.94 bits per heavy atom. The van der Waals surface area contributed by atoms with Gasteiger partial charge in [0, 0.05) is 37.3 Å². The first-order valence-electron chi connectivity index (χ1n) is 5.42. The molecule has 2 rings (SSSR count). The number of nitrogens with zero attached hydrogens (tertiary/aromatic N) is 2. The smallest absolute Gasteiger partial charge is 0.314 e. The van der Waals surface area contributed by atoms with Gasteiger partial charge >= 0.3 is 6.03 Å². The van der Waals surface area contributed by atoms with Crippen LogP contribution >= 0.6 is 11.3 Å². The van der Waals surface area contributed by atoms with Gasteiger partial charge in [-0.25, -0.2) is 9.78 Å². The van der Waals surface area contributed by atoms with E-state index in [1.165, 1.54) is 0 Å². The number of nitrogens with two attached hydrogens (primary N) is 1. The van der Waals surface area contributed by atoms with E-state index in [-0.39, 0.29) is 6.03 Å². The molecule has 88 valence electrons. The number of carbonyl (C=O) groups excluding carboxylic acids is 1. The number of rotatable bonds is 3. The molecule has 0 aliphatic carbocycles. The van der Waals surface area contributed by atoms with E-state index in [4.69, 9.17) is 5.73 Å². The molecule has 0 radical (unpaired) electrons. The fourth-order valence-electron chi connectivity index (χ4n) is 1.88. The molecule has 2 amide bonds. The Morgan fingerprint density at radius 2 is 2.38 bits per heavy atom.